The fourth-order valence-electron chi connectivity index (χ4n) is 4.23. The molecular weight excluding hydrogens is 482 g/mol. The van der Waals surface area contributed by atoms with Crippen LogP contribution in [0, 0.1) is 0 Å². The number of hydrogen-bond donors (Lipinski definition) is 0. The predicted molar refractivity (Wildman–Crippen MR) is 142 cm³/mol. The van der Waals surface area contributed by atoms with Gasteiger partial charge in [-0.25, -0.2) is 4.98 Å². The molecule has 1 aliphatic heterocycles. The number of pyridine rings is 1. The molecular formula is C28H26ClNO6. The zero-order valence-electron chi connectivity index (χ0n) is 20.4. The van der Waals surface area contributed by atoms with Gasteiger partial charge in [-0.05, 0) is 35.9 Å². The van der Waals surface area contributed by atoms with Gasteiger partial charge in [0.15, 0.2) is 34.5 Å². The average molecular weight is 508 g/mol. The normalized spacial score (nSPS) is 11.9. The highest BCUT2D eigenvalue weighted by Crippen LogP contribution is 2.41. The summed E-state index contributed by atoms with van der Waals surface area (Å²) in [5.41, 5.74) is 4.16. The molecule has 1 aromatic heterocycles. The van der Waals surface area contributed by atoms with Crippen LogP contribution in [0.2, 0.25) is 0 Å². The summed E-state index contributed by atoms with van der Waals surface area (Å²) >= 11 is 0. The van der Waals surface area contributed by atoms with Gasteiger partial charge in [0.1, 0.15) is 0 Å². The van der Waals surface area contributed by atoms with Crippen LogP contribution in [0.15, 0.2) is 54.6 Å². The van der Waals surface area contributed by atoms with Crippen LogP contribution < -0.4 is 28.4 Å². The SMILES string of the molecule is COc1cccc(/C=C/c2cc(-c3cccc(OC)c3OC)nc3cc4c(cc23)OCO4)c1OC.Cl. The molecule has 0 N–H and O–H groups in total. The van der Waals surface area contributed by atoms with Gasteiger partial charge in [0.05, 0.1) is 39.6 Å². The number of ether oxygens (including phenoxy) is 6. The molecule has 0 fully saturated rings. The van der Waals surface area contributed by atoms with Gasteiger partial charge in [-0.1, -0.05) is 30.4 Å². The van der Waals surface area contributed by atoms with Crippen molar-refractivity contribution in [3.05, 3.63) is 65.7 Å². The van der Waals surface area contributed by atoms with E-state index in [9.17, 15) is 0 Å². The van der Waals surface area contributed by atoms with E-state index in [1.54, 1.807) is 28.4 Å². The van der Waals surface area contributed by atoms with E-state index in [0.29, 0.717) is 34.5 Å². The Morgan fingerprint density at radius 2 is 1.36 bits per heavy atom. The van der Waals surface area contributed by atoms with Gasteiger partial charge in [-0.2, -0.15) is 0 Å². The van der Waals surface area contributed by atoms with Crippen LogP contribution in [0.4, 0.5) is 0 Å². The largest absolute Gasteiger partial charge is 0.493 e. The molecule has 186 valence electrons. The van der Waals surface area contributed by atoms with Crippen molar-refractivity contribution in [1.82, 2.24) is 4.98 Å². The van der Waals surface area contributed by atoms with Crippen LogP contribution in [0.1, 0.15) is 11.1 Å². The second-order valence-corrected chi connectivity index (χ2v) is 7.78. The Hall–Kier alpha value is -4.10. The fraction of sp³-hybridized carbons (Fsp3) is 0.179. The highest BCUT2D eigenvalue weighted by Gasteiger charge is 2.19. The highest BCUT2D eigenvalue weighted by molar-refractivity contribution is 5.95. The second kappa shape index (κ2) is 10.7. The Morgan fingerprint density at radius 1 is 0.722 bits per heavy atom. The summed E-state index contributed by atoms with van der Waals surface area (Å²) in [6, 6.07) is 17.4. The highest BCUT2D eigenvalue weighted by atomic mass is 35.5. The smallest absolute Gasteiger partial charge is 0.231 e. The molecule has 5 rings (SSSR count). The van der Waals surface area contributed by atoms with E-state index < -0.39 is 0 Å². The Morgan fingerprint density at radius 3 is 2.06 bits per heavy atom. The van der Waals surface area contributed by atoms with Crippen molar-refractivity contribution < 1.29 is 28.4 Å². The third-order valence-corrected chi connectivity index (χ3v) is 5.89. The van der Waals surface area contributed by atoms with Crippen LogP contribution in [0.25, 0.3) is 34.3 Å². The van der Waals surface area contributed by atoms with Gasteiger partial charge in [0, 0.05) is 22.6 Å². The van der Waals surface area contributed by atoms with Crippen molar-refractivity contribution in [3.63, 3.8) is 0 Å². The lowest BCUT2D eigenvalue weighted by molar-refractivity contribution is 0.174. The van der Waals surface area contributed by atoms with E-state index in [1.807, 2.05) is 66.7 Å². The van der Waals surface area contributed by atoms with Crippen molar-refractivity contribution >= 4 is 35.5 Å². The van der Waals surface area contributed by atoms with Gasteiger partial charge in [-0.15, -0.1) is 12.4 Å². The first-order valence-electron chi connectivity index (χ1n) is 11.0. The molecule has 0 bridgehead atoms. The molecule has 0 radical (unpaired) electrons. The van der Waals surface area contributed by atoms with E-state index in [1.165, 1.54) is 0 Å². The molecule has 0 unspecified atom stereocenters. The van der Waals surface area contributed by atoms with E-state index in [0.717, 1.165) is 33.3 Å². The maximum Gasteiger partial charge on any atom is 0.231 e. The first-order chi connectivity index (χ1) is 17.2. The molecule has 0 spiro atoms. The third kappa shape index (κ3) is 4.45. The summed E-state index contributed by atoms with van der Waals surface area (Å²) in [5, 5.41) is 0.929. The summed E-state index contributed by atoms with van der Waals surface area (Å²) in [4.78, 5) is 4.93. The fourth-order valence-corrected chi connectivity index (χ4v) is 4.23. The van der Waals surface area contributed by atoms with E-state index >= 15 is 0 Å². The predicted octanol–water partition coefficient (Wildman–Crippen LogP) is 6.26. The molecule has 3 aromatic carbocycles. The number of fused-ring (bicyclic) bond motifs is 2. The number of nitrogens with zero attached hydrogens (tertiary/aromatic N) is 1. The molecule has 4 aromatic rings. The number of para-hydroxylation sites is 2. The first-order valence-corrected chi connectivity index (χ1v) is 11.0. The standard InChI is InChI=1S/C28H25NO6.ClH/c1-30-23-9-5-7-17(27(23)32-3)11-12-18-13-21(19-8-6-10-24(31-2)28(19)33-4)29-22-15-26-25(14-20(18)22)34-16-35-26;/h5-15H,16H2,1-4H3;1H/b12-11+;. The molecule has 36 heavy (non-hydrogen) atoms. The van der Waals surface area contributed by atoms with Gasteiger partial charge >= 0.3 is 0 Å². The number of methoxy groups -OCH3 is 4. The van der Waals surface area contributed by atoms with Crippen molar-refractivity contribution in [2.24, 2.45) is 0 Å². The summed E-state index contributed by atoms with van der Waals surface area (Å²) in [6.07, 6.45) is 4.02. The Labute approximate surface area is 215 Å². The van der Waals surface area contributed by atoms with E-state index in [4.69, 9.17) is 33.4 Å². The quantitative estimate of drug-likeness (QED) is 0.292. The Kier molecular flexibility index (Phi) is 7.41. The Bertz CT molecular complexity index is 1440. The van der Waals surface area contributed by atoms with Crippen molar-refractivity contribution in [3.8, 4) is 45.8 Å². The molecule has 8 heteroatoms. The number of halogens is 1. The van der Waals surface area contributed by atoms with Crippen LogP contribution in [0.3, 0.4) is 0 Å². The molecule has 0 saturated heterocycles. The lowest BCUT2D eigenvalue weighted by Crippen LogP contribution is -1.96. The minimum atomic E-state index is 0. The lowest BCUT2D eigenvalue weighted by Gasteiger charge is -2.14. The summed E-state index contributed by atoms with van der Waals surface area (Å²) in [5.74, 6) is 3.95. The number of rotatable bonds is 7. The number of benzene rings is 3. The molecule has 0 saturated carbocycles. The molecule has 0 amide bonds. The zero-order valence-corrected chi connectivity index (χ0v) is 21.2. The van der Waals surface area contributed by atoms with Crippen molar-refractivity contribution in [1.29, 1.82) is 0 Å². The molecule has 2 heterocycles. The van der Waals surface area contributed by atoms with Crippen LogP contribution in [-0.2, 0) is 0 Å². The lowest BCUT2D eigenvalue weighted by atomic mass is 10.0. The van der Waals surface area contributed by atoms with Gasteiger partial charge < -0.3 is 28.4 Å². The number of aromatic nitrogens is 1. The summed E-state index contributed by atoms with van der Waals surface area (Å²) < 4.78 is 33.4. The molecule has 0 aliphatic carbocycles. The van der Waals surface area contributed by atoms with Crippen molar-refractivity contribution in [2.75, 3.05) is 35.2 Å². The minimum absolute atomic E-state index is 0. The van der Waals surface area contributed by atoms with E-state index in [-0.39, 0.29) is 19.2 Å². The van der Waals surface area contributed by atoms with Gasteiger partial charge in [0.2, 0.25) is 6.79 Å². The Balaban J connectivity index is 0.00000304. The van der Waals surface area contributed by atoms with E-state index in [2.05, 4.69) is 0 Å². The van der Waals surface area contributed by atoms with Gasteiger partial charge in [-0.3, -0.25) is 0 Å². The van der Waals surface area contributed by atoms with Crippen LogP contribution in [0.5, 0.6) is 34.5 Å². The van der Waals surface area contributed by atoms with Crippen molar-refractivity contribution in [2.45, 2.75) is 0 Å². The monoisotopic (exact) mass is 507 g/mol. The summed E-state index contributed by atoms with van der Waals surface area (Å²) in [7, 11) is 6.49. The molecule has 0 atom stereocenters. The molecule has 7 nitrogen and oxygen atoms in total. The van der Waals surface area contributed by atoms with Crippen LogP contribution >= 0.6 is 12.4 Å². The minimum Gasteiger partial charge on any atom is -0.493 e. The van der Waals surface area contributed by atoms with Crippen LogP contribution in [-0.4, -0.2) is 40.2 Å². The second-order valence-electron chi connectivity index (χ2n) is 7.78. The summed E-state index contributed by atoms with van der Waals surface area (Å²) in [6.45, 7) is 0.189. The topological polar surface area (TPSA) is 68.3 Å². The van der Waals surface area contributed by atoms with Gasteiger partial charge in [0.25, 0.3) is 0 Å². The number of hydrogen-bond acceptors (Lipinski definition) is 7. The first kappa shape index (κ1) is 25.0. The maximum absolute atomic E-state index is 5.67. The third-order valence-electron chi connectivity index (χ3n) is 5.89. The average Bonchev–Trinajstić information content (AvgIpc) is 3.36. The zero-order chi connectivity index (χ0) is 24.4. The molecule has 1 aliphatic rings. The maximum atomic E-state index is 5.67.